The number of benzene rings is 5. The number of aromatic nitrogens is 3. The van der Waals surface area contributed by atoms with E-state index in [1.165, 1.54) is 4.90 Å². The third kappa shape index (κ3) is 5.17. The number of H-pyrrole nitrogens is 1. The number of aromatic amines is 1. The van der Waals surface area contributed by atoms with Crippen LogP contribution >= 0.6 is 0 Å². The van der Waals surface area contributed by atoms with Gasteiger partial charge < -0.3 is 10.1 Å². The van der Waals surface area contributed by atoms with Crippen molar-refractivity contribution in [2.24, 2.45) is 22.7 Å². The second-order valence-electron chi connectivity index (χ2n) is 16.3. The van der Waals surface area contributed by atoms with Crippen LogP contribution in [0.5, 0.6) is 5.88 Å². The van der Waals surface area contributed by atoms with Crippen LogP contribution < -0.4 is 15.8 Å². The van der Waals surface area contributed by atoms with Gasteiger partial charge in [0, 0.05) is 28.1 Å². The van der Waals surface area contributed by atoms with Crippen molar-refractivity contribution in [2.75, 3.05) is 4.90 Å². The molecule has 2 fully saturated rings. The van der Waals surface area contributed by atoms with E-state index in [9.17, 15) is 24.3 Å². The van der Waals surface area contributed by atoms with Crippen molar-refractivity contribution in [1.29, 1.82) is 0 Å². The average molecular weight is 781 g/mol. The number of hydrogen-bond acceptors (Lipinski definition) is 8. The predicted molar refractivity (Wildman–Crippen MR) is 227 cm³/mol. The van der Waals surface area contributed by atoms with Crippen molar-refractivity contribution >= 4 is 56.5 Å². The van der Waals surface area contributed by atoms with Gasteiger partial charge in [-0.2, -0.15) is 0 Å². The van der Waals surface area contributed by atoms with Crippen LogP contribution in [0.4, 0.5) is 11.4 Å². The highest BCUT2D eigenvalue weighted by atomic mass is 16.3. The van der Waals surface area contributed by atoms with E-state index in [-0.39, 0.29) is 35.1 Å². The maximum Gasteiger partial charge on any atom is 0.266 e. The molecule has 11 rings (SSSR count). The first kappa shape index (κ1) is 36.4. The molecule has 3 N–H and O–H groups in total. The van der Waals surface area contributed by atoms with Gasteiger partial charge in [-0.1, -0.05) is 92.7 Å². The molecule has 4 atom stereocenters. The fourth-order valence-corrected chi connectivity index (χ4v) is 9.91. The molecule has 0 saturated carbocycles. The summed E-state index contributed by atoms with van der Waals surface area (Å²) in [6.07, 6.45) is 0.711. The van der Waals surface area contributed by atoms with E-state index >= 15 is 0 Å². The number of ketones is 1. The topological polar surface area (TPSA) is 150 Å². The lowest BCUT2D eigenvalue weighted by Crippen LogP contribution is -2.50. The lowest BCUT2D eigenvalue weighted by Gasteiger charge is -2.32. The normalized spacial score (nSPS) is 21.2. The molecular formula is C48H40N6O5. The van der Waals surface area contributed by atoms with Crippen LogP contribution in [0.15, 0.2) is 125 Å². The number of hydrogen-bond donors (Lipinski definition) is 3. The summed E-state index contributed by atoms with van der Waals surface area (Å²) in [5, 5.41) is 15.2. The molecule has 4 aliphatic heterocycles. The number of carbonyl (C=O) groups is 3. The molecule has 292 valence electrons. The van der Waals surface area contributed by atoms with E-state index in [2.05, 4.69) is 29.1 Å². The van der Waals surface area contributed by atoms with Gasteiger partial charge in [0.15, 0.2) is 5.88 Å². The Balaban J connectivity index is 0.000000176. The van der Waals surface area contributed by atoms with Gasteiger partial charge in [0.1, 0.15) is 17.1 Å². The smallest absolute Gasteiger partial charge is 0.266 e. The summed E-state index contributed by atoms with van der Waals surface area (Å²) in [7, 11) is 0. The Kier molecular flexibility index (Phi) is 8.19. The van der Waals surface area contributed by atoms with E-state index in [0.29, 0.717) is 63.0 Å². The molecule has 2 amide bonds. The van der Waals surface area contributed by atoms with Crippen LogP contribution in [0.3, 0.4) is 0 Å². The Morgan fingerprint density at radius 3 is 2.22 bits per heavy atom. The monoisotopic (exact) mass is 780 g/mol. The molecular weight excluding hydrogens is 741 g/mol. The molecule has 0 aliphatic carbocycles. The molecule has 2 unspecified atom stereocenters. The van der Waals surface area contributed by atoms with Gasteiger partial charge in [-0.05, 0) is 73.7 Å². The second kappa shape index (κ2) is 13.3. The van der Waals surface area contributed by atoms with Crippen molar-refractivity contribution in [3.05, 3.63) is 159 Å². The quantitative estimate of drug-likeness (QED) is 0.156. The number of nitrogens with zero attached hydrogens (tertiary/aromatic N) is 4. The van der Waals surface area contributed by atoms with E-state index in [4.69, 9.17) is 4.98 Å². The van der Waals surface area contributed by atoms with E-state index in [0.717, 1.165) is 27.6 Å². The predicted octanol–water partition coefficient (Wildman–Crippen LogP) is 7.57. The zero-order chi connectivity index (χ0) is 40.9. The minimum Gasteiger partial charge on any atom is -0.494 e. The molecule has 11 heteroatoms. The van der Waals surface area contributed by atoms with E-state index in [1.54, 1.807) is 22.8 Å². The summed E-state index contributed by atoms with van der Waals surface area (Å²) in [6.45, 7) is 8.12. The Labute approximate surface area is 339 Å². The molecule has 5 aromatic carbocycles. The zero-order valence-corrected chi connectivity index (χ0v) is 32.9. The number of rotatable bonds is 4. The van der Waals surface area contributed by atoms with Crippen LogP contribution in [0, 0.1) is 31.6 Å². The third-order valence-corrected chi connectivity index (χ3v) is 12.3. The SMILES string of the molecule is Cc1cccc(C)c1N1C(=O)[C@H]2C(CC(C)C)NC3(c4ccccc4-n4c3nc3ccccc3c4=O)[C@H]2C1=O.O=C1C(c2c(O)[nH]c3ccccc23)=Nc2ccccc21. The number of anilines is 1. The lowest BCUT2D eigenvalue weighted by atomic mass is 9.75. The number of aryl methyl sites for hydroxylation is 2. The van der Waals surface area contributed by atoms with Gasteiger partial charge in [-0.25, -0.2) is 14.9 Å². The molecule has 2 saturated heterocycles. The highest BCUT2D eigenvalue weighted by Crippen LogP contribution is 2.56. The van der Waals surface area contributed by atoms with Crippen LogP contribution in [0.1, 0.15) is 58.7 Å². The Morgan fingerprint density at radius 1 is 0.780 bits per heavy atom. The average Bonchev–Trinajstić information content (AvgIpc) is 3.98. The number of amides is 2. The van der Waals surface area contributed by atoms with Crippen molar-refractivity contribution in [3.8, 4) is 11.6 Å². The largest absolute Gasteiger partial charge is 0.494 e. The maximum absolute atomic E-state index is 14.6. The summed E-state index contributed by atoms with van der Waals surface area (Å²) in [4.78, 5) is 69.0. The van der Waals surface area contributed by atoms with Gasteiger partial charge in [-0.3, -0.25) is 29.1 Å². The molecule has 1 spiro atoms. The van der Waals surface area contributed by atoms with Gasteiger partial charge in [0.25, 0.3) is 5.56 Å². The molecule has 7 aromatic rings. The second-order valence-corrected chi connectivity index (χ2v) is 16.3. The van der Waals surface area contributed by atoms with Crippen molar-refractivity contribution < 1.29 is 19.5 Å². The summed E-state index contributed by atoms with van der Waals surface area (Å²) in [6, 6.07) is 35.2. The molecule has 0 bridgehead atoms. The van der Waals surface area contributed by atoms with Gasteiger partial charge in [0.05, 0.1) is 45.4 Å². The summed E-state index contributed by atoms with van der Waals surface area (Å²) < 4.78 is 1.65. The number of aromatic hydroxyl groups is 1. The first-order chi connectivity index (χ1) is 28.5. The number of aliphatic imine (C=N–C) groups is 1. The fourth-order valence-electron chi connectivity index (χ4n) is 9.91. The molecule has 0 radical (unpaired) electrons. The highest BCUT2D eigenvalue weighted by molar-refractivity contribution is 6.56. The Bertz CT molecular complexity index is 3030. The van der Waals surface area contributed by atoms with E-state index < -0.39 is 17.4 Å². The highest BCUT2D eigenvalue weighted by Gasteiger charge is 2.70. The molecule has 6 heterocycles. The van der Waals surface area contributed by atoms with Gasteiger partial charge >= 0.3 is 0 Å². The molecule has 4 aliphatic rings. The number of para-hydroxylation sites is 5. The fraction of sp³-hybridized carbons (Fsp3) is 0.208. The Morgan fingerprint density at radius 2 is 1.46 bits per heavy atom. The summed E-state index contributed by atoms with van der Waals surface area (Å²) >= 11 is 0. The van der Waals surface area contributed by atoms with Crippen molar-refractivity contribution in [3.63, 3.8) is 0 Å². The standard InChI is InChI=1S/C32H30N4O3.C16H10N2O2/c1-17(2)16-23-25-26(30(39)36(29(25)38)27-18(3)10-9-11-19(27)4)32(34-23)21-13-6-8-15-24(21)35-28(37)20-12-5-7-14-22(20)33-31(32)35;19-15-10-6-2-4-8-12(10)17-14(15)13-9-5-1-3-7-11(9)18-16(13)20/h5-15,17,23,25-26,34H,16H2,1-4H3;1-8,18,20H/t23?,25-,26+,32?;/m0./s1. The van der Waals surface area contributed by atoms with Crippen molar-refractivity contribution in [2.45, 2.75) is 45.7 Å². The van der Waals surface area contributed by atoms with Gasteiger partial charge in [0.2, 0.25) is 17.6 Å². The van der Waals surface area contributed by atoms with Crippen LogP contribution in [-0.2, 0) is 15.1 Å². The van der Waals surface area contributed by atoms with Crippen LogP contribution in [-0.4, -0.2) is 49.0 Å². The number of fused-ring (bicyclic) bond motifs is 10. The summed E-state index contributed by atoms with van der Waals surface area (Å²) in [5.74, 6) is -1.15. The van der Waals surface area contributed by atoms with Crippen LogP contribution in [0.2, 0.25) is 0 Å². The number of carbonyl (C=O) groups excluding carboxylic acids is 3. The van der Waals surface area contributed by atoms with Crippen LogP contribution in [0.25, 0.3) is 27.5 Å². The third-order valence-electron chi connectivity index (χ3n) is 12.3. The minimum absolute atomic E-state index is 0.0221. The van der Waals surface area contributed by atoms with Crippen molar-refractivity contribution in [1.82, 2.24) is 19.9 Å². The molecule has 2 aromatic heterocycles. The molecule has 59 heavy (non-hydrogen) atoms. The first-order valence-electron chi connectivity index (χ1n) is 19.9. The maximum atomic E-state index is 14.6. The zero-order valence-electron chi connectivity index (χ0n) is 32.9. The molecule has 11 nitrogen and oxygen atoms in total. The number of nitrogens with one attached hydrogen (secondary N) is 2. The summed E-state index contributed by atoms with van der Waals surface area (Å²) in [5.41, 5.74) is 6.02. The minimum atomic E-state index is -1.11. The van der Waals surface area contributed by atoms with Gasteiger partial charge in [-0.15, -0.1) is 0 Å². The number of Topliss-reactive ketones (excluding diaryl/α,β-unsaturated/α-hetero) is 1. The number of imide groups is 1. The first-order valence-corrected chi connectivity index (χ1v) is 19.9. The lowest BCUT2D eigenvalue weighted by molar-refractivity contribution is -0.123. The van der Waals surface area contributed by atoms with E-state index in [1.807, 2.05) is 111 Å². The Hall–Kier alpha value is -6.98.